The predicted octanol–water partition coefficient (Wildman–Crippen LogP) is 5.09. The van der Waals surface area contributed by atoms with E-state index in [0.29, 0.717) is 47.7 Å². The molecule has 0 spiro atoms. The maximum atomic E-state index is 16.2. The zero-order valence-electron chi connectivity index (χ0n) is 25.1. The second-order valence-corrected chi connectivity index (χ2v) is 11.7. The van der Waals surface area contributed by atoms with Crippen LogP contribution in [0.4, 0.5) is 20.3 Å². The molecule has 0 saturated carbocycles. The van der Waals surface area contributed by atoms with Crippen molar-refractivity contribution in [1.82, 2.24) is 24.4 Å². The molecule has 0 aliphatic carbocycles. The molecule has 1 aromatic carbocycles. The van der Waals surface area contributed by atoms with E-state index in [1.54, 1.807) is 18.3 Å². The number of piperazine rings is 1. The number of hydrogen-bond acceptors (Lipinski definition) is 8. The first-order valence-electron chi connectivity index (χ1n) is 14.8. The predicted molar refractivity (Wildman–Crippen MR) is 169 cm³/mol. The summed E-state index contributed by atoms with van der Waals surface area (Å²) in [6.07, 6.45) is 6.07. The number of nitrogens with zero attached hydrogens (tertiary/aromatic N) is 6. The van der Waals surface area contributed by atoms with E-state index in [9.17, 15) is 9.90 Å². The summed E-state index contributed by atoms with van der Waals surface area (Å²) in [4.78, 5) is 32.0. The third-order valence-corrected chi connectivity index (χ3v) is 8.37. The van der Waals surface area contributed by atoms with E-state index < -0.39 is 23.6 Å². The van der Waals surface area contributed by atoms with Crippen molar-refractivity contribution in [2.45, 2.75) is 51.9 Å². The highest BCUT2D eigenvalue weighted by Crippen LogP contribution is 2.37. The van der Waals surface area contributed by atoms with Crippen molar-refractivity contribution in [2.75, 3.05) is 29.9 Å². The van der Waals surface area contributed by atoms with Gasteiger partial charge in [-0.2, -0.15) is 4.98 Å². The Labute approximate surface area is 254 Å². The van der Waals surface area contributed by atoms with Crippen LogP contribution in [-0.4, -0.2) is 67.5 Å². The molecule has 2 aliphatic rings. The molecule has 228 valence electrons. The van der Waals surface area contributed by atoms with Gasteiger partial charge >= 0.3 is 5.69 Å². The van der Waals surface area contributed by atoms with Gasteiger partial charge < -0.3 is 15.3 Å². The van der Waals surface area contributed by atoms with Crippen LogP contribution in [0, 0.1) is 11.6 Å². The lowest BCUT2D eigenvalue weighted by atomic mass is 10.0. The Morgan fingerprint density at radius 2 is 1.91 bits per heavy atom. The summed E-state index contributed by atoms with van der Waals surface area (Å²) in [6.45, 7) is 12.7. The molecule has 11 heteroatoms. The van der Waals surface area contributed by atoms with Crippen molar-refractivity contribution in [3.8, 4) is 16.9 Å². The van der Waals surface area contributed by atoms with Gasteiger partial charge in [-0.3, -0.25) is 9.88 Å². The highest BCUT2D eigenvalue weighted by atomic mass is 19.1. The van der Waals surface area contributed by atoms with Crippen molar-refractivity contribution in [2.24, 2.45) is 0 Å². The topological polar surface area (TPSA) is 99.4 Å². The summed E-state index contributed by atoms with van der Waals surface area (Å²) in [5, 5.41) is 14.0. The van der Waals surface area contributed by atoms with Gasteiger partial charge in [0.15, 0.2) is 11.5 Å². The number of halogens is 2. The van der Waals surface area contributed by atoms with Crippen molar-refractivity contribution in [3.05, 3.63) is 88.6 Å². The molecule has 0 radical (unpaired) electrons. The fourth-order valence-corrected chi connectivity index (χ4v) is 6.21. The van der Waals surface area contributed by atoms with Crippen molar-refractivity contribution in [1.29, 1.82) is 0 Å². The fourth-order valence-electron chi connectivity index (χ4n) is 6.21. The van der Waals surface area contributed by atoms with Crippen LogP contribution in [0.15, 0.2) is 60.1 Å². The van der Waals surface area contributed by atoms with Gasteiger partial charge in [0.1, 0.15) is 23.6 Å². The summed E-state index contributed by atoms with van der Waals surface area (Å²) in [7, 11) is 0. The monoisotopic (exact) mass is 599 g/mol. The number of rotatable bonds is 4. The Bertz CT molecular complexity index is 1850. The van der Waals surface area contributed by atoms with Crippen molar-refractivity contribution in [3.63, 3.8) is 0 Å². The van der Waals surface area contributed by atoms with Gasteiger partial charge in [-0.15, -0.1) is 0 Å². The number of aliphatic hydroxyl groups excluding tert-OH is 1. The number of fused-ring (bicyclic) bond motifs is 5. The Kier molecular flexibility index (Phi) is 7.77. The molecule has 44 heavy (non-hydrogen) atoms. The molecule has 2 aliphatic heterocycles. The Balaban J connectivity index is 1.70. The fraction of sp³-hybridized carbons (Fsp3) is 0.333. The van der Waals surface area contributed by atoms with E-state index in [2.05, 4.69) is 21.9 Å². The van der Waals surface area contributed by atoms with Crippen LogP contribution in [-0.2, 0) is 0 Å². The third-order valence-electron chi connectivity index (χ3n) is 8.37. The van der Waals surface area contributed by atoms with Gasteiger partial charge in [-0.25, -0.2) is 23.1 Å². The van der Waals surface area contributed by atoms with Crippen molar-refractivity contribution >= 4 is 28.6 Å². The molecule has 3 aromatic heterocycles. The van der Waals surface area contributed by atoms with E-state index in [-0.39, 0.29) is 40.7 Å². The lowest BCUT2D eigenvalue weighted by Gasteiger charge is -2.46. The molecule has 0 amide bonds. The number of anilines is 2. The zero-order valence-corrected chi connectivity index (χ0v) is 25.1. The Hall–Kier alpha value is -4.48. The molecule has 6 rings (SSSR count). The van der Waals surface area contributed by atoms with E-state index in [1.807, 2.05) is 55.7 Å². The van der Waals surface area contributed by atoms with Gasteiger partial charge in [-0.1, -0.05) is 38.6 Å². The zero-order chi connectivity index (χ0) is 31.3. The summed E-state index contributed by atoms with van der Waals surface area (Å²) in [5.74, 6) is -1.19. The Morgan fingerprint density at radius 3 is 2.66 bits per heavy atom. The second kappa shape index (κ2) is 11.5. The lowest BCUT2D eigenvalue weighted by Crippen LogP contribution is -2.59. The molecule has 4 aromatic rings. The molecule has 2 N–H and O–H groups in total. The molecule has 1 saturated heterocycles. The van der Waals surface area contributed by atoms with Crippen LogP contribution in [0.5, 0.6) is 0 Å². The number of hydrogen-bond donors (Lipinski definition) is 2. The number of aromatic nitrogens is 4. The summed E-state index contributed by atoms with van der Waals surface area (Å²) >= 11 is 0. The van der Waals surface area contributed by atoms with Crippen LogP contribution >= 0.6 is 0 Å². The molecule has 1 fully saturated rings. The first kappa shape index (κ1) is 29.6. The van der Waals surface area contributed by atoms with Crippen LogP contribution in [0.1, 0.15) is 44.9 Å². The maximum Gasteiger partial charge on any atom is 0.355 e. The minimum Gasteiger partial charge on any atom is -0.381 e. The Morgan fingerprint density at radius 1 is 1.11 bits per heavy atom. The van der Waals surface area contributed by atoms with Crippen molar-refractivity contribution < 1.29 is 13.9 Å². The normalized spacial score (nSPS) is 20.0. The maximum absolute atomic E-state index is 16.2. The molecular weight excluding hydrogens is 564 g/mol. The first-order valence-corrected chi connectivity index (χ1v) is 14.8. The smallest absolute Gasteiger partial charge is 0.355 e. The van der Waals surface area contributed by atoms with Crippen LogP contribution in [0.25, 0.3) is 34.1 Å². The first-order chi connectivity index (χ1) is 21.1. The molecule has 3 atom stereocenters. The van der Waals surface area contributed by atoms with Gasteiger partial charge in [-0.05, 0) is 50.1 Å². The average molecular weight is 600 g/mol. The summed E-state index contributed by atoms with van der Waals surface area (Å²) in [6, 6.07) is 7.24. The number of benzene rings is 1. The number of aliphatic hydroxyl groups is 1. The van der Waals surface area contributed by atoms with Gasteiger partial charge in [0.05, 0.1) is 22.3 Å². The number of pyridine rings is 2. The number of nitrogens with one attached hydrogen (secondary N) is 1. The molecule has 1 unspecified atom stereocenters. The molecule has 2 bridgehead atoms. The second-order valence-electron chi connectivity index (χ2n) is 11.7. The van der Waals surface area contributed by atoms with Gasteiger partial charge in [0, 0.05) is 49.2 Å². The minimum absolute atomic E-state index is 0.0252. The lowest BCUT2D eigenvalue weighted by molar-refractivity contribution is 0.0000491. The quantitative estimate of drug-likeness (QED) is 0.313. The van der Waals surface area contributed by atoms with E-state index >= 15 is 8.78 Å². The molecular formula is C33H35F2N7O2. The van der Waals surface area contributed by atoms with Gasteiger partial charge in [0.2, 0.25) is 0 Å². The highest BCUT2D eigenvalue weighted by molar-refractivity contribution is 5.92. The van der Waals surface area contributed by atoms with Crippen LogP contribution in [0.2, 0.25) is 0 Å². The van der Waals surface area contributed by atoms with E-state index in [4.69, 9.17) is 4.98 Å². The summed E-state index contributed by atoms with van der Waals surface area (Å²) < 4.78 is 33.0. The van der Waals surface area contributed by atoms with Crippen LogP contribution in [0.3, 0.4) is 0 Å². The van der Waals surface area contributed by atoms with Crippen LogP contribution < -0.4 is 15.9 Å². The largest absolute Gasteiger partial charge is 0.381 e. The highest BCUT2D eigenvalue weighted by Gasteiger charge is 2.35. The minimum atomic E-state index is -0.831. The van der Waals surface area contributed by atoms with E-state index in [0.717, 1.165) is 0 Å². The SMILES string of the molecule is C=CC(O)N1C[C@H](C)N(c2nc(=O)n3c4nc(c(F)cc24)-c2c(F)cccc2NC/C=C/c2ccnc(C(C)C)c2-3)C[C@H]1C. The molecule has 5 heterocycles. The molecule has 9 nitrogen and oxygen atoms in total. The van der Waals surface area contributed by atoms with E-state index in [1.165, 1.54) is 22.8 Å². The third kappa shape index (κ3) is 4.95. The average Bonchev–Trinajstić information content (AvgIpc) is 2.99. The standard InChI is InChI=1S/C33H35F2N7O2/c1-6-26(43)40-16-20(5)41(17-19(40)4)31-22-15-24(35)29-27-23(34)10-7-11-25(27)36-13-8-9-21-12-14-37-28(18(2)3)30(21)42(32(22)38-29)33(44)39-31/h6-12,14-15,18-20,26,36,43H,1,13,16-17H2,2-5H3/b9-8+/t19-,20+,26?/m1/s1. The summed E-state index contributed by atoms with van der Waals surface area (Å²) in [5.41, 5.74) is 1.51. The van der Waals surface area contributed by atoms with Gasteiger partial charge in [0.25, 0.3) is 0 Å².